The fourth-order valence-electron chi connectivity index (χ4n) is 3.18. The van der Waals surface area contributed by atoms with Gasteiger partial charge in [0.1, 0.15) is 5.75 Å². The SMILES string of the molecule is CCCOC(=O)c1ccc(NC(=O)[C@H]2CC(=O)N(c3ccccc3OC)C2)cc1. The van der Waals surface area contributed by atoms with Gasteiger partial charge in [-0.1, -0.05) is 19.1 Å². The van der Waals surface area contributed by atoms with Crippen LogP contribution in [0.5, 0.6) is 5.75 Å². The summed E-state index contributed by atoms with van der Waals surface area (Å²) in [5, 5.41) is 2.81. The summed E-state index contributed by atoms with van der Waals surface area (Å²) in [6.07, 6.45) is 0.886. The molecule has 0 aliphatic carbocycles. The van der Waals surface area contributed by atoms with Crippen LogP contribution in [0.25, 0.3) is 0 Å². The van der Waals surface area contributed by atoms with Crippen LogP contribution >= 0.6 is 0 Å². The number of rotatable bonds is 7. The van der Waals surface area contributed by atoms with Crippen molar-refractivity contribution in [3.63, 3.8) is 0 Å². The first-order valence-electron chi connectivity index (χ1n) is 9.55. The van der Waals surface area contributed by atoms with Crippen LogP contribution in [-0.2, 0) is 14.3 Å². The molecule has 3 rings (SSSR count). The van der Waals surface area contributed by atoms with E-state index < -0.39 is 11.9 Å². The molecular formula is C22H24N2O5. The molecule has 2 aromatic rings. The highest BCUT2D eigenvalue weighted by Gasteiger charge is 2.36. The monoisotopic (exact) mass is 396 g/mol. The second-order valence-electron chi connectivity index (χ2n) is 6.78. The average molecular weight is 396 g/mol. The van der Waals surface area contributed by atoms with Crippen molar-refractivity contribution >= 4 is 29.2 Å². The van der Waals surface area contributed by atoms with Crippen LogP contribution in [0.3, 0.4) is 0 Å². The van der Waals surface area contributed by atoms with E-state index in [-0.39, 0.29) is 24.8 Å². The number of nitrogens with one attached hydrogen (secondary N) is 1. The minimum Gasteiger partial charge on any atom is -0.495 e. The van der Waals surface area contributed by atoms with Gasteiger partial charge in [0.15, 0.2) is 0 Å². The van der Waals surface area contributed by atoms with Crippen LogP contribution in [-0.4, -0.2) is 38.0 Å². The molecule has 0 spiro atoms. The van der Waals surface area contributed by atoms with Crippen molar-refractivity contribution in [3.05, 3.63) is 54.1 Å². The lowest BCUT2D eigenvalue weighted by Crippen LogP contribution is -2.28. The van der Waals surface area contributed by atoms with Gasteiger partial charge in [0, 0.05) is 18.7 Å². The molecular weight excluding hydrogens is 372 g/mol. The highest BCUT2D eigenvalue weighted by atomic mass is 16.5. The van der Waals surface area contributed by atoms with Gasteiger partial charge in [-0.05, 0) is 42.8 Å². The number of hydrogen-bond acceptors (Lipinski definition) is 5. The summed E-state index contributed by atoms with van der Waals surface area (Å²) in [4.78, 5) is 38.5. The Hall–Kier alpha value is -3.35. The molecule has 1 atom stereocenters. The number of carbonyl (C=O) groups excluding carboxylic acids is 3. The zero-order valence-electron chi connectivity index (χ0n) is 16.5. The fourth-order valence-corrected chi connectivity index (χ4v) is 3.18. The third kappa shape index (κ3) is 4.74. The molecule has 1 saturated heterocycles. The molecule has 1 aliphatic rings. The molecule has 1 N–H and O–H groups in total. The predicted molar refractivity (Wildman–Crippen MR) is 109 cm³/mol. The first-order chi connectivity index (χ1) is 14.0. The Morgan fingerprint density at radius 1 is 1.14 bits per heavy atom. The number of para-hydroxylation sites is 2. The van der Waals surface area contributed by atoms with Gasteiger partial charge in [-0.15, -0.1) is 0 Å². The van der Waals surface area contributed by atoms with E-state index in [0.29, 0.717) is 29.3 Å². The molecule has 1 heterocycles. The Balaban J connectivity index is 1.63. The van der Waals surface area contributed by atoms with Crippen molar-refractivity contribution in [1.82, 2.24) is 0 Å². The third-order valence-corrected chi connectivity index (χ3v) is 4.70. The maximum Gasteiger partial charge on any atom is 0.338 e. The summed E-state index contributed by atoms with van der Waals surface area (Å²) >= 11 is 0. The van der Waals surface area contributed by atoms with Crippen molar-refractivity contribution in [2.75, 3.05) is 30.5 Å². The normalized spacial score (nSPS) is 15.9. The Morgan fingerprint density at radius 3 is 2.55 bits per heavy atom. The standard InChI is InChI=1S/C22H24N2O5/c1-3-12-29-22(27)15-8-10-17(11-9-15)23-21(26)16-13-20(25)24(14-16)18-6-4-5-7-19(18)28-2/h4-11,16H,3,12-14H2,1-2H3,(H,23,26)/t16-/m0/s1. The minimum absolute atomic E-state index is 0.122. The lowest BCUT2D eigenvalue weighted by Gasteiger charge is -2.19. The van der Waals surface area contributed by atoms with Crippen LogP contribution in [0.1, 0.15) is 30.1 Å². The first kappa shape index (κ1) is 20.4. The molecule has 152 valence electrons. The number of ether oxygens (including phenoxy) is 2. The molecule has 1 fully saturated rings. The van der Waals surface area contributed by atoms with E-state index in [1.165, 1.54) is 0 Å². The zero-order chi connectivity index (χ0) is 20.8. The van der Waals surface area contributed by atoms with E-state index in [0.717, 1.165) is 6.42 Å². The van der Waals surface area contributed by atoms with E-state index in [1.54, 1.807) is 48.4 Å². The largest absolute Gasteiger partial charge is 0.495 e. The van der Waals surface area contributed by atoms with Gasteiger partial charge in [0.2, 0.25) is 11.8 Å². The smallest absolute Gasteiger partial charge is 0.338 e. The van der Waals surface area contributed by atoms with Crippen LogP contribution in [0, 0.1) is 5.92 Å². The molecule has 0 aromatic heterocycles. The van der Waals surface area contributed by atoms with E-state index >= 15 is 0 Å². The summed E-state index contributed by atoms with van der Waals surface area (Å²) in [5.74, 6) is -0.631. The van der Waals surface area contributed by atoms with Gasteiger partial charge in [-0.25, -0.2) is 4.79 Å². The number of carbonyl (C=O) groups is 3. The molecule has 0 bridgehead atoms. The third-order valence-electron chi connectivity index (χ3n) is 4.70. The summed E-state index contributed by atoms with van der Waals surface area (Å²) < 4.78 is 10.4. The van der Waals surface area contributed by atoms with Crippen LogP contribution < -0.4 is 15.0 Å². The van der Waals surface area contributed by atoms with E-state index in [4.69, 9.17) is 9.47 Å². The number of benzene rings is 2. The van der Waals surface area contributed by atoms with Gasteiger partial charge in [-0.2, -0.15) is 0 Å². The number of esters is 1. The topological polar surface area (TPSA) is 84.9 Å². The number of methoxy groups -OCH3 is 1. The summed E-state index contributed by atoms with van der Waals surface area (Å²) in [7, 11) is 1.55. The Bertz CT molecular complexity index is 894. The predicted octanol–water partition coefficient (Wildman–Crippen LogP) is 3.25. The summed E-state index contributed by atoms with van der Waals surface area (Å²) in [6.45, 7) is 2.58. The highest BCUT2D eigenvalue weighted by molar-refractivity contribution is 6.04. The molecule has 29 heavy (non-hydrogen) atoms. The van der Waals surface area contributed by atoms with Crippen molar-refractivity contribution in [2.24, 2.45) is 5.92 Å². The number of nitrogens with zero attached hydrogens (tertiary/aromatic N) is 1. The van der Waals surface area contributed by atoms with E-state index in [9.17, 15) is 14.4 Å². The van der Waals surface area contributed by atoms with Crippen molar-refractivity contribution in [3.8, 4) is 5.75 Å². The van der Waals surface area contributed by atoms with E-state index in [1.807, 2.05) is 19.1 Å². The Kier molecular flexibility index (Phi) is 6.49. The van der Waals surface area contributed by atoms with Gasteiger partial charge < -0.3 is 19.7 Å². The van der Waals surface area contributed by atoms with Crippen LogP contribution in [0.2, 0.25) is 0 Å². The van der Waals surface area contributed by atoms with Gasteiger partial charge in [0.25, 0.3) is 0 Å². The maximum atomic E-state index is 12.6. The molecule has 1 aliphatic heterocycles. The van der Waals surface area contributed by atoms with Crippen molar-refractivity contribution in [2.45, 2.75) is 19.8 Å². The molecule has 0 unspecified atom stereocenters. The first-order valence-corrected chi connectivity index (χ1v) is 9.55. The van der Waals surface area contributed by atoms with Gasteiger partial charge >= 0.3 is 5.97 Å². The number of hydrogen-bond donors (Lipinski definition) is 1. The number of anilines is 2. The lowest BCUT2D eigenvalue weighted by atomic mass is 10.1. The fraction of sp³-hybridized carbons (Fsp3) is 0.318. The van der Waals surface area contributed by atoms with Gasteiger partial charge in [0.05, 0.1) is 30.9 Å². The van der Waals surface area contributed by atoms with Crippen molar-refractivity contribution < 1.29 is 23.9 Å². The highest BCUT2D eigenvalue weighted by Crippen LogP contribution is 2.33. The Labute approximate surface area is 169 Å². The maximum absolute atomic E-state index is 12.6. The molecule has 2 amide bonds. The molecule has 0 radical (unpaired) electrons. The quantitative estimate of drug-likeness (QED) is 0.726. The minimum atomic E-state index is -0.471. The number of amides is 2. The molecule has 0 saturated carbocycles. The molecule has 7 heteroatoms. The average Bonchev–Trinajstić information content (AvgIpc) is 3.14. The van der Waals surface area contributed by atoms with E-state index in [2.05, 4.69) is 5.32 Å². The Morgan fingerprint density at radius 2 is 1.86 bits per heavy atom. The molecule has 7 nitrogen and oxygen atoms in total. The second kappa shape index (κ2) is 9.23. The van der Waals surface area contributed by atoms with Gasteiger partial charge in [-0.3, -0.25) is 9.59 Å². The van der Waals surface area contributed by atoms with Crippen molar-refractivity contribution in [1.29, 1.82) is 0 Å². The van der Waals surface area contributed by atoms with Crippen LogP contribution in [0.15, 0.2) is 48.5 Å². The second-order valence-corrected chi connectivity index (χ2v) is 6.78. The summed E-state index contributed by atoms with van der Waals surface area (Å²) in [5.41, 5.74) is 1.64. The molecule has 2 aromatic carbocycles. The van der Waals surface area contributed by atoms with Crippen LogP contribution in [0.4, 0.5) is 11.4 Å². The zero-order valence-corrected chi connectivity index (χ0v) is 16.5. The lowest BCUT2D eigenvalue weighted by molar-refractivity contribution is -0.122. The summed E-state index contributed by atoms with van der Waals surface area (Å²) in [6, 6.07) is 13.7.